The Labute approximate surface area is 114 Å². The molecule has 0 radical (unpaired) electrons. The Balaban J connectivity index is 2.49. The Bertz CT molecular complexity index is 779. The van der Waals surface area contributed by atoms with E-state index in [4.69, 9.17) is 9.66 Å². The van der Waals surface area contributed by atoms with Gasteiger partial charge in [0, 0.05) is 11.6 Å². The second-order valence-corrected chi connectivity index (χ2v) is 5.46. The molecule has 0 unspecified atom stereocenters. The van der Waals surface area contributed by atoms with Gasteiger partial charge in [0.05, 0.1) is 10.5 Å². The van der Waals surface area contributed by atoms with E-state index in [1.807, 2.05) is 0 Å². The van der Waals surface area contributed by atoms with Crippen LogP contribution in [0.4, 0.5) is 0 Å². The molecule has 3 N–H and O–H groups in total. The smallest absolute Gasteiger partial charge is 0.294 e. The molecule has 0 bridgehead atoms. The molecule has 7 heteroatoms. The van der Waals surface area contributed by atoms with E-state index >= 15 is 0 Å². The van der Waals surface area contributed by atoms with E-state index in [0.717, 1.165) is 18.2 Å². The van der Waals surface area contributed by atoms with Gasteiger partial charge in [0.15, 0.2) is 5.78 Å². The maximum atomic E-state index is 12.1. The number of rotatable bonds is 3. The summed E-state index contributed by atoms with van der Waals surface area (Å²) < 4.78 is 31.0. The molecule has 0 saturated heterocycles. The highest BCUT2D eigenvalue weighted by Crippen LogP contribution is 2.25. The van der Waals surface area contributed by atoms with Crippen molar-refractivity contribution in [2.75, 3.05) is 0 Å². The van der Waals surface area contributed by atoms with E-state index in [-0.39, 0.29) is 16.9 Å². The Morgan fingerprint density at radius 2 is 1.70 bits per heavy atom. The van der Waals surface area contributed by atoms with Crippen LogP contribution < -0.4 is 0 Å². The predicted octanol–water partition coefficient (Wildman–Crippen LogP) is 1.58. The Morgan fingerprint density at radius 3 is 2.30 bits per heavy atom. The minimum absolute atomic E-state index is 0.0129. The SMILES string of the molecule is O=C(c1cccc(S(=O)(=O)O)c1)c1ccc(O)cc1O. The van der Waals surface area contributed by atoms with Crippen LogP contribution in [0.15, 0.2) is 47.4 Å². The molecule has 0 aliphatic carbocycles. The summed E-state index contributed by atoms with van der Waals surface area (Å²) in [6.45, 7) is 0. The van der Waals surface area contributed by atoms with E-state index in [2.05, 4.69) is 0 Å². The first-order chi connectivity index (χ1) is 9.29. The van der Waals surface area contributed by atoms with Gasteiger partial charge >= 0.3 is 0 Å². The summed E-state index contributed by atoms with van der Waals surface area (Å²) in [4.78, 5) is 11.7. The molecule has 2 aromatic rings. The van der Waals surface area contributed by atoms with Crippen molar-refractivity contribution in [1.82, 2.24) is 0 Å². The van der Waals surface area contributed by atoms with Crippen molar-refractivity contribution in [3.63, 3.8) is 0 Å². The van der Waals surface area contributed by atoms with Crippen LogP contribution in [0.3, 0.4) is 0 Å². The van der Waals surface area contributed by atoms with E-state index in [9.17, 15) is 18.3 Å². The summed E-state index contributed by atoms with van der Waals surface area (Å²) in [5.74, 6) is -1.26. The van der Waals surface area contributed by atoms with Gasteiger partial charge in [0.25, 0.3) is 10.1 Å². The van der Waals surface area contributed by atoms with Gasteiger partial charge in [-0.3, -0.25) is 9.35 Å². The molecule has 0 atom stereocenters. The average Bonchev–Trinajstić information content (AvgIpc) is 2.37. The van der Waals surface area contributed by atoms with Gasteiger partial charge < -0.3 is 10.2 Å². The number of carbonyl (C=O) groups is 1. The van der Waals surface area contributed by atoms with Crippen LogP contribution in [0.1, 0.15) is 15.9 Å². The molecule has 0 aliphatic heterocycles. The summed E-state index contributed by atoms with van der Waals surface area (Å²) >= 11 is 0. The molecule has 2 rings (SSSR count). The van der Waals surface area contributed by atoms with E-state index in [1.54, 1.807) is 0 Å². The Kier molecular flexibility index (Phi) is 3.47. The zero-order valence-electron chi connectivity index (χ0n) is 10.0. The van der Waals surface area contributed by atoms with Crippen molar-refractivity contribution >= 4 is 15.9 Å². The molecular formula is C13H10O6S. The van der Waals surface area contributed by atoms with Crippen LogP contribution in [-0.2, 0) is 10.1 Å². The number of phenolic OH excluding ortho intramolecular Hbond substituents is 2. The zero-order chi connectivity index (χ0) is 14.9. The number of benzene rings is 2. The summed E-state index contributed by atoms with van der Waals surface area (Å²) in [5.41, 5.74) is -0.101. The third-order valence-electron chi connectivity index (χ3n) is 2.62. The van der Waals surface area contributed by atoms with Gasteiger partial charge in [0.1, 0.15) is 11.5 Å². The van der Waals surface area contributed by atoms with Crippen molar-refractivity contribution in [2.24, 2.45) is 0 Å². The van der Waals surface area contributed by atoms with Crippen LogP contribution in [0.2, 0.25) is 0 Å². The molecule has 0 spiro atoms. The Hall–Kier alpha value is -2.38. The summed E-state index contributed by atoms with van der Waals surface area (Å²) in [6.07, 6.45) is 0. The monoisotopic (exact) mass is 294 g/mol. The van der Waals surface area contributed by atoms with E-state index in [1.165, 1.54) is 24.3 Å². The van der Waals surface area contributed by atoms with Crippen molar-refractivity contribution in [3.8, 4) is 11.5 Å². The van der Waals surface area contributed by atoms with Gasteiger partial charge in [-0.2, -0.15) is 8.42 Å². The fourth-order valence-corrected chi connectivity index (χ4v) is 2.19. The van der Waals surface area contributed by atoms with Gasteiger partial charge in [-0.15, -0.1) is 0 Å². The van der Waals surface area contributed by atoms with Crippen molar-refractivity contribution < 1.29 is 28.0 Å². The van der Waals surface area contributed by atoms with E-state index in [0.29, 0.717) is 0 Å². The molecule has 104 valence electrons. The maximum Gasteiger partial charge on any atom is 0.294 e. The molecular weight excluding hydrogens is 284 g/mol. The number of phenols is 2. The topological polar surface area (TPSA) is 112 Å². The third kappa shape index (κ3) is 2.79. The fourth-order valence-electron chi connectivity index (χ4n) is 1.67. The lowest BCUT2D eigenvalue weighted by atomic mass is 10.0. The van der Waals surface area contributed by atoms with Crippen molar-refractivity contribution in [2.45, 2.75) is 4.90 Å². The lowest BCUT2D eigenvalue weighted by Gasteiger charge is -2.05. The molecule has 20 heavy (non-hydrogen) atoms. The van der Waals surface area contributed by atoms with Gasteiger partial charge in [-0.1, -0.05) is 12.1 Å². The molecule has 0 amide bonds. The first kappa shape index (κ1) is 14.0. The van der Waals surface area contributed by atoms with Crippen LogP contribution >= 0.6 is 0 Å². The first-order valence-electron chi connectivity index (χ1n) is 5.43. The highest BCUT2D eigenvalue weighted by atomic mass is 32.2. The number of hydrogen-bond acceptors (Lipinski definition) is 5. The standard InChI is InChI=1S/C13H10O6S/c14-9-4-5-11(12(15)7-9)13(16)8-2-1-3-10(6-8)20(17,18)19/h1-7,14-15H,(H,17,18,19). The predicted molar refractivity (Wildman–Crippen MR) is 69.5 cm³/mol. The number of hydrogen-bond donors (Lipinski definition) is 3. The first-order valence-corrected chi connectivity index (χ1v) is 6.87. The number of carbonyl (C=O) groups excluding carboxylic acids is 1. The summed E-state index contributed by atoms with van der Waals surface area (Å²) in [5, 5.41) is 18.8. The van der Waals surface area contributed by atoms with E-state index < -0.39 is 26.5 Å². The largest absolute Gasteiger partial charge is 0.508 e. The fraction of sp³-hybridized carbons (Fsp3) is 0. The van der Waals surface area contributed by atoms with Crippen molar-refractivity contribution in [3.05, 3.63) is 53.6 Å². The summed E-state index contributed by atoms with van der Waals surface area (Å²) in [6, 6.07) is 8.23. The van der Waals surface area contributed by atoms with Crippen LogP contribution in [0.5, 0.6) is 11.5 Å². The lowest BCUT2D eigenvalue weighted by Crippen LogP contribution is -2.04. The molecule has 0 aliphatic rings. The van der Waals surface area contributed by atoms with Crippen molar-refractivity contribution in [1.29, 1.82) is 0 Å². The molecule has 0 fully saturated rings. The Morgan fingerprint density at radius 1 is 1.00 bits per heavy atom. The molecule has 2 aromatic carbocycles. The lowest BCUT2D eigenvalue weighted by molar-refractivity contribution is 0.103. The minimum atomic E-state index is -4.41. The highest BCUT2D eigenvalue weighted by Gasteiger charge is 2.17. The van der Waals surface area contributed by atoms with Gasteiger partial charge in [-0.25, -0.2) is 0 Å². The van der Waals surface area contributed by atoms with Crippen LogP contribution in [0, 0.1) is 0 Å². The quantitative estimate of drug-likeness (QED) is 0.585. The second-order valence-electron chi connectivity index (χ2n) is 4.03. The molecule has 0 aromatic heterocycles. The van der Waals surface area contributed by atoms with Gasteiger partial charge in [0.2, 0.25) is 0 Å². The number of aromatic hydroxyl groups is 2. The minimum Gasteiger partial charge on any atom is -0.508 e. The van der Waals surface area contributed by atoms with Crippen LogP contribution in [-0.4, -0.2) is 29.0 Å². The highest BCUT2D eigenvalue weighted by molar-refractivity contribution is 7.85. The second kappa shape index (κ2) is 4.95. The third-order valence-corrected chi connectivity index (χ3v) is 3.47. The molecule has 0 heterocycles. The zero-order valence-corrected chi connectivity index (χ0v) is 10.8. The van der Waals surface area contributed by atoms with Crippen LogP contribution in [0.25, 0.3) is 0 Å². The molecule has 0 saturated carbocycles. The molecule has 6 nitrogen and oxygen atoms in total. The summed E-state index contributed by atoms with van der Waals surface area (Å²) in [7, 11) is -4.41. The maximum absolute atomic E-state index is 12.1. The normalized spacial score (nSPS) is 11.2. The average molecular weight is 294 g/mol. The van der Waals surface area contributed by atoms with Gasteiger partial charge in [-0.05, 0) is 24.3 Å². The number of ketones is 1.